The fraction of sp³-hybridized carbons (Fsp3) is 0.455. The van der Waals surface area contributed by atoms with Crippen LogP contribution in [0.25, 0.3) is 0 Å². The zero-order valence-electron chi connectivity index (χ0n) is 16.2. The number of amides is 1. The van der Waals surface area contributed by atoms with Gasteiger partial charge in [0.25, 0.3) is 0 Å². The van der Waals surface area contributed by atoms with Crippen LogP contribution in [0, 0.1) is 5.92 Å². The predicted octanol–water partition coefficient (Wildman–Crippen LogP) is 2.77. The molecule has 6 nitrogen and oxygen atoms in total. The Morgan fingerprint density at radius 2 is 1.93 bits per heavy atom. The van der Waals surface area contributed by atoms with Crippen LogP contribution in [-0.2, 0) is 16.1 Å². The third-order valence-corrected chi connectivity index (χ3v) is 5.48. The first kappa shape index (κ1) is 18.9. The van der Waals surface area contributed by atoms with E-state index < -0.39 is 0 Å². The Morgan fingerprint density at radius 1 is 1.11 bits per heavy atom. The third kappa shape index (κ3) is 4.88. The number of hydrogen-bond acceptors (Lipinski definition) is 5. The minimum Gasteiger partial charge on any atom is -0.378 e. The van der Waals surface area contributed by atoms with Crippen molar-refractivity contribution in [3.8, 4) is 0 Å². The molecule has 28 heavy (non-hydrogen) atoms. The second kappa shape index (κ2) is 9.17. The third-order valence-electron chi connectivity index (χ3n) is 5.48. The fourth-order valence-electron chi connectivity index (χ4n) is 3.94. The first-order chi connectivity index (χ1) is 13.8. The van der Waals surface area contributed by atoms with E-state index >= 15 is 0 Å². The lowest BCUT2D eigenvalue weighted by molar-refractivity contribution is -0.121. The molecule has 6 heteroatoms. The summed E-state index contributed by atoms with van der Waals surface area (Å²) in [7, 11) is 0. The van der Waals surface area contributed by atoms with Gasteiger partial charge in [0, 0.05) is 26.2 Å². The molecule has 1 unspecified atom stereocenters. The average Bonchev–Trinajstić information content (AvgIpc) is 2.76. The predicted molar refractivity (Wildman–Crippen MR) is 110 cm³/mol. The van der Waals surface area contributed by atoms with Crippen LogP contribution in [0.2, 0.25) is 0 Å². The standard InChI is InChI=1S/C22H28N4O2/c27-22(19-7-4-10-25(17-19)16-18-5-2-1-3-6-18)24-20-8-9-21(23-15-20)26-11-13-28-14-12-26/h1-3,5-6,8-9,15,19H,4,7,10-14,16-17H2,(H,24,27). The van der Waals surface area contributed by atoms with E-state index in [1.807, 2.05) is 18.2 Å². The fourth-order valence-corrected chi connectivity index (χ4v) is 3.94. The van der Waals surface area contributed by atoms with E-state index in [2.05, 4.69) is 44.4 Å². The molecule has 4 rings (SSSR count). The molecule has 1 aromatic carbocycles. The summed E-state index contributed by atoms with van der Waals surface area (Å²) in [5, 5.41) is 3.05. The molecule has 0 aliphatic carbocycles. The minimum atomic E-state index is 0.0244. The highest BCUT2D eigenvalue weighted by molar-refractivity contribution is 5.92. The van der Waals surface area contributed by atoms with Gasteiger partial charge in [0.05, 0.1) is 31.0 Å². The molecule has 1 atom stereocenters. The van der Waals surface area contributed by atoms with E-state index in [-0.39, 0.29) is 11.8 Å². The molecule has 0 spiro atoms. The monoisotopic (exact) mass is 380 g/mol. The molecular weight excluding hydrogens is 352 g/mol. The molecule has 2 saturated heterocycles. The van der Waals surface area contributed by atoms with Gasteiger partial charge >= 0.3 is 0 Å². The van der Waals surface area contributed by atoms with E-state index in [0.717, 1.165) is 70.3 Å². The highest BCUT2D eigenvalue weighted by Crippen LogP contribution is 2.21. The summed E-state index contributed by atoms with van der Waals surface area (Å²) < 4.78 is 5.38. The smallest absolute Gasteiger partial charge is 0.228 e. The average molecular weight is 380 g/mol. The van der Waals surface area contributed by atoms with Crippen LogP contribution in [0.3, 0.4) is 0 Å². The number of carbonyl (C=O) groups excluding carboxylic acids is 1. The van der Waals surface area contributed by atoms with Crippen molar-refractivity contribution >= 4 is 17.4 Å². The number of morpholine rings is 1. The van der Waals surface area contributed by atoms with Gasteiger partial charge in [-0.1, -0.05) is 30.3 Å². The van der Waals surface area contributed by atoms with Crippen molar-refractivity contribution in [3.63, 3.8) is 0 Å². The SMILES string of the molecule is O=C(Nc1ccc(N2CCOCC2)nc1)C1CCCN(Cc2ccccc2)C1. The molecule has 2 aliphatic rings. The van der Waals surface area contributed by atoms with E-state index in [1.54, 1.807) is 6.20 Å². The summed E-state index contributed by atoms with van der Waals surface area (Å²) in [6, 6.07) is 14.4. The van der Waals surface area contributed by atoms with Crippen LogP contribution < -0.4 is 10.2 Å². The summed E-state index contributed by atoms with van der Waals surface area (Å²) in [6.45, 7) is 5.95. The number of nitrogens with zero attached hydrogens (tertiary/aromatic N) is 3. The topological polar surface area (TPSA) is 57.7 Å². The zero-order valence-corrected chi connectivity index (χ0v) is 16.2. The first-order valence-electron chi connectivity index (χ1n) is 10.1. The Bertz CT molecular complexity index is 760. The Hall–Kier alpha value is -2.44. The number of anilines is 2. The first-order valence-corrected chi connectivity index (χ1v) is 10.1. The summed E-state index contributed by atoms with van der Waals surface area (Å²) >= 11 is 0. The second-order valence-corrected chi connectivity index (χ2v) is 7.55. The molecule has 1 amide bonds. The second-order valence-electron chi connectivity index (χ2n) is 7.55. The number of ether oxygens (including phenoxy) is 1. The Morgan fingerprint density at radius 3 is 2.68 bits per heavy atom. The molecular formula is C22H28N4O2. The lowest BCUT2D eigenvalue weighted by Crippen LogP contribution is -2.40. The number of benzene rings is 1. The van der Waals surface area contributed by atoms with Gasteiger partial charge in [-0.25, -0.2) is 4.98 Å². The number of piperidine rings is 1. The van der Waals surface area contributed by atoms with Gasteiger partial charge in [-0.2, -0.15) is 0 Å². The molecule has 1 aromatic heterocycles. The van der Waals surface area contributed by atoms with Gasteiger partial charge in [-0.05, 0) is 37.1 Å². The molecule has 2 fully saturated rings. The number of nitrogens with one attached hydrogen (secondary N) is 1. The van der Waals surface area contributed by atoms with E-state index in [9.17, 15) is 4.79 Å². The summed E-state index contributed by atoms with van der Waals surface area (Å²) in [4.78, 5) is 21.9. The van der Waals surface area contributed by atoms with Gasteiger partial charge in [0.1, 0.15) is 5.82 Å². The number of aromatic nitrogens is 1. The molecule has 0 bridgehead atoms. The van der Waals surface area contributed by atoms with Crippen LogP contribution >= 0.6 is 0 Å². The summed E-state index contributed by atoms with van der Waals surface area (Å²) in [6.07, 6.45) is 3.75. The maximum atomic E-state index is 12.8. The maximum absolute atomic E-state index is 12.8. The Balaban J connectivity index is 1.31. The van der Waals surface area contributed by atoms with E-state index in [0.29, 0.717) is 0 Å². The van der Waals surface area contributed by atoms with Gasteiger partial charge < -0.3 is 15.0 Å². The lowest BCUT2D eigenvalue weighted by atomic mass is 9.96. The van der Waals surface area contributed by atoms with Crippen molar-refractivity contribution in [2.45, 2.75) is 19.4 Å². The van der Waals surface area contributed by atoms with Crippen LogP contribution in [0.1, 0.15) is 18.4 Å². The number of likely N-dealkylation sites (tertiary alicyclic amines) is 1. The van der Waals surface area contributed by atoms with Gasteiger partial charge in [-0.15, -0.1) is 0 Å². The zero-order chi connectivity index (χ0) is 19.2. The minimum absolute atomic E-state index is 0.0244. The van der Waals surface area contributed by atoms with Crippen LogP contribution in [0.4, 0.5) is 11.5 Å². The van der Waals surface area contributed by atoms with Crippen LogP contribution in [0.15, 0.2) is 48.7 Å². The highest BCUT2D eigenvalue weighted by Gasteiger charge is 2.26. The van der Waals surface area contributed by atoms with Crippen molar-refractivity contribution < 1.29 is 9.53 Å². The van der Waals surface area contributed by atoms with Crippen LogP contribution in [0.5, 0.6) is 0 Å². The van der Waals surface area contributed by atoms with Crippen molar-refractivity contribution in [2.24, 2.45) is 5.92 Å². The van der Waals surface area contributed by atoms with E-state index in [1.165, 1.54) is 5.56 Å². The molecule has 0 saturated carbocycles. The van der Waals surface area contributed by atoms with Crippen molar-refractivity contribution in [3.05, 3.63) is 54.2 Å². The number of carbonyl (C=O) groups is 1. The number of rotatable bonds is 5. The quantitative estimate of drug-likeness (QED) is 0.864. The Kier molecular flexibility index (Phi) is 6.19. The van der Waals surface area contributed by atoms with Crippen LogP contribution in [-0.4, -0.2) is 55.2 Å². The molecule has 2 aromatic rings. The molecule has 3 heterocycles. The largest absolute Gasteiger partial charge is 0.378 e. The van der Waals surface area contributed by atoms with Crippen molar-refractivity contribution in [2.75, 3.05) is 49.6 Å². The molecule has 1 N–H and O–H groups in total. The lowest BCUT2D eigenvalue weighted by Gasteiger charge is -2.32. The normalized spacial score (nSPS) is 20.7. The summed E-state index contributed by atoms with van der Waals surface area (Å²) in [5.41, 5.74) is 2.06. The van der Waals surface area contributed by atoms with Gasteiger partial charge in [0.15, 0.2) is 0 Å². The maximum Gasteiger partial charge on any atom is 0.228 e. The number of hydrogen-bond donors (Lipinski definition) is 1. The van der Waals surface area contributed by atoms with Crippen molar-refractivity contribution in [1.82, 2.24) is 9.88 Å². The number of pyridine rings is 1. The van der Waals surface area contributed by atoms with Gasteiger partial charge in [0.2, 0.25) is 5.91 Å². The van der Waals surface area contributed by atoms with E-state index in [4.69, 9.17) is 4.74 Å². The molecule has 0 radical (unpaired) electrons. The Labute approximate surface area is 166 Å². The van der Waals surface area contributed by atoms with Gasteiger partial charge in [-0.3, -0.25) is 9.69 Å². The highest BCUT2D eigenvalue weighted by atomic mass is 16.5. The van der Waals surface area contributed by atoms with Crippen molar-refractivity contribution in [1.29, 1.82) is 0 Å². The molecule has 148 valence electrons. The molecule has 2 aliphatic heterocycles. The summed E-state index contributed by atoms with van der Waals surface area (Å²) in [5.74, 6) is 1.06.